The largest absolute Gasteiger partial charge is 0.361 e. The van der Waals surface area contributed by atoms with Crippen molar-refractivity contribution in [3.05, 3.63) is 29.8 Å². The van der Waals surface area contributed by atoms with Crippen LogP contribution in [0.3, 0.4) is 0 Å². The average molecular weight is 475 g/mol. The van der Waals surface area contributed by atoms with Gasteiger partial charge in [0.2, 0.25) is 10.0 Å². The second-order valence-electron chi connectivity index (χ2n) is 10.0. The molecule has 1 radical (unpaired) electrons. The maximum absolute atomic E-state index is 13.2. The molecule has 1 unspecified atom stereocenters. The third kappa shape index (κ3) is 6.06. The summed E-state index contributed by atoms with van der Waals surface area (Å²) in [5.74, 6) is 5.40. The van der Waals surface area contributed by atoms with Gasteiger partial charge in [0.1, 0.15) is 12.4 Å². The van der Waals surface area contributed by atoms with E-state index in [4.69, 9.17) is 11.6 Å². The number of sulfonamides is 1. The van der Waals surface area contributed by atoms with Crippen molar-refractivity contribution in [1.29, 1.82) is 0 Å². The summed E-state index contributed by atoms with van der Waals surface area (Å²) in [6, 6.07) is 6.06. The molecule has 3 aliphatic rings. The predicted octanol–water partition coefficient (Wildman–Crippen LogP) is 2.83. The van der Waals surface area contributed by atoms with E-state index >= 15 is 0 Å². The summed E-state index contributed by atoms with van der Waals surface area (Å²) in [6.07, 6.45) is 11.1. The first kappa shape index (κ1) is 24.0. The highest BCUT2D eigenvalue weighted by molar-refractivity contribution is 7.89. The van der Waals surface area contributed by atoms with Crippen molar-refractivity contribution in [3.63, 3.8) is 0 Å². The fourth-order valence-electron chi connectivity index (χ4n) is 5.75. The van der Waals surface area contributed by atoms with Gasteiger partial charge in [-0.15, -0.1) is 0 Å². The minimum atomic E-state index is -3.89. The first-order valence-corrected chi connectivity index (χ1v) is 13.7. The van der Waals surface area contributed by atoms with Crippen LogP contribution < -0.4 is 16.3 Å². The molecule has 1 aromatic rings. The first-order valence-electron chi connectivity index (χ1n) is 12.2. The number of rotatable bonds is 10. The second-order valence-corrected chi connectivity index (χ2v) is 11.7. The van der Waals surface area contributed by atoms with Gasteiger partial charge in [-0.25, -0.2) is 8.42 Å². The third-order valence-corrected chi connectivity index (χ3v) is 9.08. The number of benzene rings is 1. The van der Waals surface area contributed by atoms with Crippen LogP contribution in [0.1, 0.15) is 69.3 Å². The van der Waals surface area contributed by atoms with Crippen LogP contribution in [0.4, 0.5) is 0 Å². The zero-order chi connectivity index (χ0) is 23.4. The number of hydrogen-bond acceptors (Lipinski definition) is 5. The lowest BCUT2D eigenvalue weighted by molar-refractivity contribution is -0.121. The highest BCUT2D eigenvalue weighted by Crippen LogP contribution is 2.43. The summed E-state index contributed by atoms with van der Waals surface area (Å²) in [5, 5.41) is 3.62. The Kier molecular flexibility index (Phi) is 7.58. The van der Waals surface area contributed by atoms with Crippen LogP contribution in [0.25, 0.3) is 0 Å². The molecule has 1 amide bonds. The lowest BCUT2D eigenvalue weighted by atomic mass is 9.82. The van der Waals surface area contributed by atoms with Crippen LogP contribution in [-0.4, -0.2) is 44.7 Å². The molecule has 0 spiro atoms. The van der Waals surface area contributed by atoms with E-state index in [2.05, 4.69) is 14.7 Å². The van der Waals surface area contributed by atoms with Gasteiger partial charge in [-0.05, 0) is 86.3 Å². The van der Waals surface area contributed by atoms with Crippen molar-refractivity contribution in [2.45, 2.75) is 74.6 Å². The Morgan fingerprint density at radius 3 is 2.45 bits per heavy atom. The molecule has 2 aliphatic carbocycles. The van der Waals surface area contributed by atoms with Crippen LogP contribution in [0, 0.1) is 17.8 Å². The van der Waals surface area contributed by atoms with Crippen LogP contribution in [0.2, 0.25) is 0 Å². The summed E-state index contributed by atoms with van der Waals surface area (Å²) in [6.45, 7) is 1.69. The van der Waals surface area contributed by atoms with Crippen molar-refractivity contribution in [2.24, 2.45) is 28.7 Å². The van der Waals surface area contributed by atoms with Crippen molar-refractivity contribution < 1.29 is 13.2 Å². The smallest absolute Gasteiger partial charge is 0.256 e. The molecule has 4 rings (SSSR count). The molecule has 181 valence electrons. The Hall–Kier alpha value is -2.13. The van der Waals surface area contributed by atoms with Gasteiger partial charge in [0.05, 0.1) is 4.90 Å². The van der Waals surface area contributed by atoms with Crippen LogP contribution in [0.5, 0.6) is 0 Å². The Morgan fingerprint density at radius 1 is 1.15 bits per heavy atom. The predicted molar refractivity (Wildman–Crippen MR) is 128 cm³/mol. The number of amides is 1. The summed E-state index contributed by atoms with van der Waals surface area (Å²) in [4.78, 5) is 14.6. The maximum Gasteiger partial charge on any atom is 0.256 e. The number of carbonyl (C=O) groups is 1. The maximum atomic E-state index is 13.2. The van der Waals surface area contributed by atoms with Gasteiger partial charge in [-0.3, -0.25) is 10.5 Å². The number of nitrogens with one attached hydrogen (secondary N) is 2. The van der Waals surface area contributed by atoms with E-state index in [1.807, 2.05) is 12.1 Å². The van der Waals surface area contributed by atoms with E-state index in [-0.39, 0.29) is 16.7 Å². The number of hydrazone groups is 1. The van der Waals surface area contributed by atoms with Gasteiger partial charge in [0.25, 0.3) is 5.91 Å². The molecule has 2 saturated carbocycles. The number of hydrogen-bond donors (Lipinski definition) is 2. The van der Waals surface area contributed by atoms with E-state index in [1.165, 1.54) is 18.4 Å². The molecule has 0 aromatic heterocycles. The van der Waals surface area contributed by atoms with E-state index in [1.54, 1.807) is 18.5 Å². The highest BCUT2D eigenvalue weighted by Gasteiger charge is 2.42. The fourth-order valence-corrected chi connectivity index (χ4v) is 6.99. The monoisotopic (exact) mass is 474 g/mol. The van der Waals surface area contributed by atoms with Gasteiger partial charge < -0.3 is 10.7 Å². The summed E-state index contributed by atoms with van der Waals surface area (Å²) in [5.41, 5.74) is 9.06. The molecule has 3 fully saturated rings. The van der Waals surface area contributed by atoms with Gasteiger partial charge in [0, 0.05) is 13.1 Å². The number of nitrogens with zero attached hydrogens (tertiary/aromatic N) is 2. The molecule has 1 aliphatic heterocycles. The molecule has 1 aromatic carbocycles. The van der Waals surface area contributed by atoms with E-state index < -0.39 is 22.0 Å². The Labute approximate surface area is 197 Å². The number of nitrogens with two attached hydrogens (primary N) is 1. The SMILES string of the molecule is [NH]C(=O)[C@@H](NS(=O)(=O)c1ccc(C2CCCC2)cc1)[C@@H](CC1CCCN(C=NN)C1)C1CC1. The number of carbonyl (C=O) groups excluding carboxylic acids is 1. The lowest BCUT2D eigenvalue weighted by Gasteiger charge is -2.35. The van der Waals surface area contributed by atoms with E-state index in [9.17, 15) is 13.2 Å². The van der Waals surface area contributed by atoms with Crippen LogP contribution >= 0.6 is 0 Å². The standard InChI is InChI=1S/C24H36N5O3S/c25-24(30)23(22(20-7-8-20)14-17-4-3-13-29(15-17)16-27-26)28-33(31,32)21-11-9-19(10-12-21)18-5-1-2-6-18/h9-12,16-18,20,22-23,25,28H,1-8,13-15,26H2/t17?,22-,23-/m0/s1. The molecule has 0 bridgehead atoms. The van der Waals surface area contributed by atoms with E-state index in [0.29, 0.717) is 11.8 Å². The number of likely N-dealkylation sites (tertiary alicyclic amines) is 1. The summed E-state index contributed by atoms with van der Waals surface area (Å²) >= 11 is 0. The summed E-state index contributed by atoms with van der Waals surface area (Å²) in [7, 11) is -3.89. The van der Waals surface area contributed by atoms with Gasteiger partial charge in [0.15, 0.2) is 0 Å². The molecule has 4 N–H and O–H groups in total. The molecule has 3 atom stereocenters. The topological polar surface area (TPSA) is 129 Å². The second kappa shape index (κ2) is 10.4. The minimum Gasteiger partial charge on any atom is -0.361 e. The fraction of sp³-hybridized carbons (Fsp3) is 0.667. The van der Waals surface area contributed by atoms with Crippen molar-refractivity contribution in [1.82, 2.24) is 15.4 Å². The Morgan fingerprint density at radius 2 is 1.85 bits per heavy atom. The normalized spacial score (nSPS) is 24.2. The molecular formula is C24H36N5O3S. The van der Waals surface area contributed by atoms with E-state index in [0.717, 1.165) is 58.0 Å². The Bertz CT molecular complexity index is 939. The van der Waals surface area contributed by atoms with Gasteiger partial charge in [-0.1, -0.05) is 25.0 Å². The average Bonchev–Trinajstić information content (AvgIpc) is 3.49. The summed E-state index contributed by atoms with van der Waals surface area (Å²) < 4.78 is 29.0. The molecule has 1 heterocycles. The molecule has 33 heavy (non-hydrogen) atoms. The number of piperidine rings is 1. The lowest BCUT2D eigenvalue weighted by Crippen LogP contribution is -2.48. The zero-order valence-corrected chi connectivity index (χ0v) is 20.0. The molecule has 8 nitrogen and oxygen atoms in total. The van der Waals surface area contributed by atoms with Crippen molar-refractivity contribution in [2.75, 3.05) is 13.1 Å². The van der Waals surface area contributed by atoms with Gasteiger partial charge in [-0.2, -0.15) is 9.82 Å². The molecule has 9 heteroatoms. The molecule has 1 saturated heterocycles. The minimum absolute atomic E-state index is 0.160. The first-order chi connectivity index (χ1) is 15.9. The zero-order valence-electron chi connectivity index (χ0n) is 19.2. The molecular weight excluding hydrogens is 438 g/mol. The van der Waals surface area contributed by atoms with Crippen molar-refractivity contribution in [3.8, 4) is 0 Å². The van der Waals surface area contributed by atoms with Gasteiger partial charge >= 0.3 is 0 Å². The Balaban J connectivity index is 1.47. The quantitative estimate of drug-likeness (QED) is 0.233. The van der Waals surface area contributed by atoms with Crippen molar-refractivity contribution >= 4 is 22.3 Å². The van der Waals surface area contributed by atoms with Crippen LogP contribution in [-0.2, 0) is 14.8 Å². The third-order valence-electron chi connectivity index (χ3n) is 7.62. The van der Waals surface area contributed by atoms with Crippen LogP contribution in [0.15, 0.2) is 34.3 Å². The highest BCUT2D eigenvalue weighted by atomic mass is 32.2.